The smallest absolute Gasteiger partial charge is 0.166 e. The number of halogens is 6. The lowest BCUT2D eigenvalue weighted by Gasteiger charge is -2.07. The van der Waals surface area contributed by atoms with E-state index in [1.165, 1.54) is 14.7 Å². The summed E-state index contributed by atoms with van der Waals surface area (Å²) in [6, 6.07) is 32.2. The second-order valence-electron chi connectivity index (χ2n) is 4.25. The van der Waals surface area contributed by atoms with Crippen LogP contribution in [-0.4, -0.2) is 0 Å². The summed E-state index contributed by atoms with van der Waals surface area (Å²) in [6.07, 6.45) is 0. The van der Waals surface area contributed by atoms with Crippen LogP contribution in [0.1, 0.15) is 0 Å². The van der Waals surface area contributed by atoms with Crippen molar-refractivity contribution in [2.24, 2.45) is 0 Å². The van der Waals surface area contributed by atoms with E-state index in [-0.39, 0.29) is 49.0 Å². The normalized spacial score (nSPS) is 7.73. The first kappa shape index (κ1) is 35.2. The average molecular weight is 416 g/mol. The number of hydrogen-bond acceptors (Lipinski definition) is 0. The van der Waals surface area contributed by atoms with E-state index in [9.17, 15) is 0 Å². The van der Waals surface area contributed by atoms with Gasteiger partial charge in [0.15, 0.2) is 14.7 Å². The zero-order chi connectivity index (χ0) is 12.9. The van der Waals surface area contributed by atoms with Crippen molar-refractivity contribution in [1.29, 1.82) is 0 Å². The van der Waals surface area contributed by atoms with Gasteiger partial charge in [-0.2, -0.15) is 9.90 Å². The van der Waals surface area contributed by atoms with Crippen LogP contribution >= 0.6 is 9.90 Å². The van der Waals surface area contributed by atoms with Gasteiger partial charge in [0.1, 0.15) is 0 Å². The topological polar surface area (TPSA) is 0 Å². The number of hydrogen-bond donors (Lipinski definition) is 0. The summed E-state index contributed by atoms with van der Waals surface area (Å²) in [5, 5.41) is 0. The molecule has 0 radical (unpaired) electrons. The summed E-state index contributed by atoms with van der Waals surface area (Å²) in [6.45, 7) is 0. The molecule has 1 atom stereocenters. The zero-order valence-electron chi connectivity index (χ0n) is 13.7. The Hall–Kier alpha value is -1.98. The van der Waals surface area contributed by atoms with Gasteiger partial charge in [-0.25, -0.2) is 0 Å². The van der Waals surface area contributed by atoms with Gasteiger partial charge in [0.25, 0.3) is 0 Å². The van der Waals surface area contributed by atoms with Gasteiger partial charge in [-0.15, -0.1) is 0 Å². The van der Waals surface area contributed by atoms with Gasteiger partial charge in [0, 0.05) is 0 Å². The van der Waals surface area contributed by atoms with E-state index in [1.807, 2.05) is 0 Å². The van der Waals surface area contributed by atoms with Crippen LogP contribution in [0.2, 0.25) is 0 Å². The SMILES string of the molecule is F.F.F.F.F.P.[F-].c1ccc([S+](c2ccccc2)c2ccccc2)cc1. The van der Waals surface area contributed by atoms with E-state index < -0.39 is 0 Å². The summed E-state index contributed by atoms with van der Waals surface area (Å²) in [7, 11) is -0.0146. The van der Waals surface area contributed by atoms with Crippen molar-refractivity contribution >= 4 is 20.8 Å². The largest absolute Gasteiger partial charge is 1.00 e. The minimum absolute atomic E-state index is 0. The molecule has 0 aliphatic heterocycles. The van der Waals surface area contributed by atoms with Crippen LogP contribution < -0.4 is 4.70 Å². The van der Waals surface area contributed by atoms with Crippen LogP contribution in [0.5, 0.6) is 0 Å². The van der Waals surface area contributed by atoms with Gasteiger partial charge in [0.2, 0.25) is 0 Å². The molecule has 148 valence electrons. The molecular formula is C18H23F6PS. The first-order valence-corrected chi connectivity index (χ1v) is 7.57. The molecule has 1 unspecified atom stereocenters. The molecule has 8 heteroatoms. The Bertz CT molecular complexity index is 550. The highest BCUT2D eigenvalue weighted by Crippen LogP contribution is 2.30. The molecule has 3 rings (SSSR count). The van der Waals surface area contributed by atoms with E-state index in [0.29, 0.717) is 0 Å². The lowest BCUT2D eigenvalue weighted by molar-refractivity contribution is -0.00000832. The fraction of sp³-hybridized carbons (Fsp3) is 0. The third kappa shape index (κ3) is 8.41. The highest BCUT2D eigenvalue weighted by atomic mass is 32.2. The molecule has 0 fully saturated rings. The van der Waals surface area contributed by atoms with E-state index in [2.05, 4.69) is 91.0 Å². The maximum atomic E-state index is 2.21. The van der Waals surface area contributed by atoms with Crippen molar-refractivity contribution in [3.63, 3.8) is 0 Å². The highest BCUT2D eigenvalue weighted by molar-refractivity contribution is 7.97. The molecule has 0 amide bonds. The zero-order valence-corrected chi connectivity index (χ0v) is 15.9. The van der Waals surface area contributed by atoms with Gasteiger partial charge in [-0.3, -0.25) is 23.5 Å². The summed E-state index contributed by atoms with van der Waals surface area (Å²) < 4.78 is 0. The fourth-order valence-electron chi connectivity index (χ4n) is 2.08. The Morgan fingerprint density at radius 3 is 0.769 bits per heavy atom. The van der Waals surface area contributed by atoms with Gasteiger partial charge < -0.3 is 4.70 Å². The first-order valence-electron chi connectivity index (χ1n) is 6.34. The quantitative estimate of drug-likeness (QED) is 0.350. The third-order valence-electron chi connectivity index (χ3n) is 2.94. The Morgan fingerprint density at radius 1 is 0.385 bits per heavy atom. The minimum atomic E-state index is -0.0146. The van der Waals surface area contributed by atoms with Gasteiger partial charge in [0.05, 0.1) is 10.9 Å². The van der Waals surface area contributed by atoms with Crippen LogP contribution in [-0.2, 0) is 10.9 Å². The average Bonchev–Trinajstić information content (AvgIpc) is 2.51. The summed E-state index contributed by atoms with van der Waals surface area (Å²) in [5.41, 5.74) is 0. The van der Waals surface area contributed by atoms with E-state index in [0.717, 1.165) is 0 Å². The van der Waals surface area contributed by atoms with E-state index >= 15 is 0 Å². The number of rotatable bonds is 3. The molecule has 3 aromatic carbocycles. The van der Waals surface area contributed by atoms with Crippen molar-refractivity contribution in [3.05, 3.63) is 91.0 Å². The molecule has 0 heterocycles. The molecule has 0 spiro atoms. The van der Waals surface area contributed by atoms with Crippen LogP contribution in [0.15, 0.2) is 106 Å². The second kappa shape index (κ2) is 17.8. The Morgan fingerprint density at radius 2 is 0.577 bits per heavy atom. The van der Waals surface area contributed by atoms with Gasteiger partial charge in [-0.1, -0.05) is 54.6 Å². The molecule has 0 bridgehead atoms. The molecule has 0 aliphatic carbocycles. The van der Waals surface area contributed by atoms with Crippen molar-refractivity contribution in [1.82, 2.24) is 0 Å². The molecule has 0 nitrogen and oxygen atoms in total. The number of benzene rings is 3. The van der Waals surface area contributed by atoms with E-state index in [1.54, 1.807) is 0 Å². The van der Waals surface area contributed by atoms with Crippen molar-refractivity contribution in [3.8, 4) is 0 Å². The molecule has 0 aromatic heterocycles. The van der Waals surface area contributed by atoms with Crippen LogP contribution in [0, 0.1) is 0 Å². The first-order chi connectivity index (χ1) is 9.45. The summed E-state index contributed by atoms with van der Waals surface area (Å²) in [5.74, 6) is 0. The molecule has 0 saturated carbocycles. The monoisotopic (exact) mass is 416 g/mol. The van der Waals surface area contributed by atoms with Crippen molar-refractivity contribution in [2.75, 3.05) is 0 Å². The molecule has 26 heavy (non-hydrogen) atoms. The Labute approximate surface area is 155 Å². The van der Waals surface area contributed by atoms with Crippen LogP contribution in [0.25, 0.3) is 0 Å². The van der Waals surface area contributed by atoms with Crippen molar-refractivity contribution in [2.45, 2.75) is 14.7 Å². The minimum Gasteiger partial charge on any atom is -1.00 e. The fourth-order valence-corrected chi connectivity index (χ4v) is 4.18. The Kier molecular flexibility index (Phi) is 24.1. The maximum Gasteiger partial charge on any atom is 0.166 e. The summed E-state index contributed by atoms with van der Waals surface area (Å²) in [4.78, 5) is 4.08. The highest BCUT2D eigenvalue weighted by Gasteiger charge is 2.27. The third-order valence-corrected chi connectivity index (χ3v) is 5.17. The Balaban J connectivity index is -0.000000210. The lowest BCUT2D eigenvalue weighted by Crippen LogP contribution is -3.00. The van der Waals surface area contributed by atoms with Crippen LogP contribution in [0.3, 0.4) is 0 Å². The second-order valence-corrected chi connectivity index (χ2v) is 6.27. The predicted octanol–water partition coefficient (Wildman–Crippen LogP) is 2.61. The molecule has 3 aromatic rings. The molecule has 0 saturated heterocycles. The van der Waals surface area contributed by atoms with Gasteiger partial charge >= 0.3 is 0 Å². The standard InChI is InChI=1S/C18H15S.6FH.H3P/c1-4-10-16(11-5-1)19(17-12-6-2-7-13-17)18-14-8-3-9-15-18;;;;;;;/h1-15H;6*1H;1H3/q+1;;;;;;;/p-1. The van der Waals surface area contributed by atoms with Crippen LogP contribution in [0.4, 0.5) is 23.5 Å². The lowest BCUT2D eigenvalue weighted by atomic mass is 10.4. The predicted molar refractivity (Wildman–Crippen MR) is 105 cm³/mol. The van der Waals surface area contributed by atoms with Crippen molar-refractivity contribution < 1.29 is 28.2 Å². The summed E-state index contributed by atoms with van der Waals surface area (Å²) >= 11 is 0. The maximum absolute atomic E-state index is 2.21. The molecule has 0 aliphatic rings. The molecular weight excluding hydrogens is 393 g/mol. The van der Waals surface area contributed by atoms with E-state index in [4.69, 9.17) is 0 Å². The molecule has 0 N–H and O–H groups in total. The van der Waals surface area contributed by atoms with Gasteiger partial charge in [-0.05, 0) is 36.4 Å².